The largest absolute Gasteiger partial charge is 0.464 e. The predicted octanol–water partition coefficient (Wildman–Crippen LogP) is 8.11. The van der Waals surface area contributed by atoms with E-state index in [0.29, 0.717) is 5.92 Å². The third-order valence-electron chi connectivity index (χ3n) is 7.59. The van der Waals surface area contributed by atoms with Crippen LogP contribution in [0.1, 0.15) is 94.7 Å². The molecule has 3 heteroatoms. The van der Waals surface area contributed by atoms with Crippen LogP contribution in [0.3, 0.4) is 0 Å². The Morgan fingerprint density at radius 1 is 0.970 bits per heavy atom. The molecule has 1 aromatic heterocycles. The van der Waals surface area contributed by atoms with Crippen molar-refractivity contribution in [2.75, 3.05) is 0 Å². The Balaban J connectivity index is 1.63. The Morgan fingerprint density at radius 2 is 1.70 bits per heavy atom. The van der Waals surface area contributed by atoms with Crippen LogP contribution < -0.4 is 4.74 Å². The Morgan fingerprint density at radius 3 is 2.36 bits per heavy atom. The Hall–Kier alpha value is -2.26. The second kappa shape index (κ2) is 10.8. The molecule has 0 saturated heterocycles. The van der Waals surface area contributed by atoms with Crippen molar-refractivity contribution in [1.82, 2.24) is 4.57 Å². The molecule has 0 amide bonds. The van der Waals surface area contributed by atoms with Crippen LogP contribution >= 0.6 is 0 Å². The summed E-state index contributed by atoms with van der Waals surface area (Å²) in [5.41, 5.74) is 5.39. The molecule has 1 heterocycles. The molecule has 4 rings (SSSR count). The summed E-state index contributed by atoms with van der Waals surface area (Å²) in [5.74, 6) is 1.58. The first kappa shape index (κ1) is 23.9. The zero-order valence-electron chi connectivity index (χ0n) is 21.1. The highest BCUT2D eigenvalue weighted by Crippen LogP contribution is 2.35. The van der Waals surface area contributed by atoms with E-state index in [1.807, 2.05) is 0 Å². The SMILES string of the molecule is CCc1cccc2c(C(C)C(Oc3ccc(C(C)CC)cc3)OC3CCCCC3)cn(C)c12. The van der Waals surface area contributed by atoms with E-state index in [-0.39, 0.29) is 18.3 Å². The molecule has 3 aromatic rings. The highest BCUT2D eigenvalue weighted by molar-refractivity contribution is 5.87. The lowest BCUT2D eigenvalue weighted by Crippen LogP contribution is -2.32. The lowest BCUT2D eigenvalue weighted by molar-refractivity contribution is -0.138. The molecule has 1 fully saturated rings. The van der Waals surface area contributed by atoms with E-state index in [4.69, 9.17) is 9.47 Å². The van der Waals surface area contributed by atoms with Crippen LogP contribution in [0.15, 0.2) is 48.7 Å². The maximum Gasteiger partial charge on any atom is 0.206 e. The van der Waals surface area contributed by atoms with Gasteiger partial charge in [0.1, 0.15) is 5.75 Å². The summed E-state index contributed by atoms with van der Waals surface area (Å²) in [6.45, 7) is 9.00. The Labute approximate surface area is 200 Å². The average molecular weight is 448 g/mol. The van der Waals surface area contributed by atoms with E-state index in [1.54, 1.807) is 0 Å². The van der Waals surface area contributed by atoms with Crippen molar-refractivity contribution in [3.05, 3.63) is 65.4 Å². The lowest BCUT2D eigenvalue weighted by Gasteiger charge is -2.31. The van der Waals surface area contributed by atoms with Gasteiger partial charge in [-0.3, -0.25) is 0 Å². The topological polar surface area (TPSA) is 23.4 Å². The molecule has 1 aliphatic rings. The maximum absolute atomic E-state index is 6.69. The molecule has 0 radical (unpaired) electrons. The number of fused-ring (bicyclic) bond motifs is 1. The molecule has 1 saturated carbocycles. The normalized spacial score (nSPS) is 17.7. The van der Waals surface area contributed by atoms with Crippen LogP contribution in [0, 0.1) is 0 Å². The third kappa shape index (κ3) is 5.30. The minimum Gasteiger partial charge on any atom is -0.464 e. The van der Waals surface area contributed by atoms with Gasteiger partial charge >= 0.3 is 0 Å². The van der Waals surface area contributed by atoms with Crippen molar-refractivity contribution in [1.29, 1.82) is 0 Å². The van der Waals surface area contributed by atoms with Crippen LogP contribution in [-0.4, -0.2) is 17.0 Å². The number of hydrogen-bond donors (Lipinski definition) is 0. The zero-order valence-corrected chi connectivity index (χ0v) is 21.1. The fourth-order valence-corrected chi connectivity index (χ4v) is 5.26. The molecule has 0 spiro atoms. The number of ether oxygens (including phenoxy) is 2. The first-order valence-corrected chi connectivity index (χ1v) is 13.0. The van der Waals surface area contributed by atoms with Gasteiger partial charge in [-0.05, 0) is 60.4 Å². The van der Waals surface area contributed by atoms with Gasteiger partial charge in [0.15, 0.2) is 0 Å². The summed E-state index contributed by atoms with van der Waals surface area (Å²) in [4.78, 5) is 0. The van der Waals surface area contributed by atoms with Gasteiger partial charge in [0.05, 0.1) is 11.6 Å². The number of benzene rings is 2. The van der Waals surface area contributed by atoms with Crippen LogP contribution in [-0.2, 0) is 18.2 Å². The predicted molar refractivity (Wildman–Crippen MR) is 138 cm³/mol. The lowest BCUT2D eigenvalue weighted by atomic mass is 9.96. The second-order valence-electron chi connectivity index (χ2n) is 9.91. The van der Waals surface area contributed by atoms with Crippen molar-refractivity contribution >= 4 is 10.9 Å². The maximum atomic E-state index is 6.69. The van der Waals surface area contributed by atoms with Crippen molar-refractivity contribution in [2.24, 2.45) is 7.05 Å². The van der Waals surface area contributed by atoms with Gasteiger partial charge in [-0.2, -0.15) is 0 Å². The number of aromatic nitrogens is 1. The van der Waals surface area contributed by atoms with Crippen molar-refractivity contribution in [2.45, 2.75) is 96.9 Å². The molecular weight excluding hydrogens is 406 g/mol. The van der Waals surface area contributed by atoms with Crippen molar-refractivity contribution < 1.29 is 9.47 Å². The van der Waals surface area contributed by atoms with E-state index >= 15 is 0 Å². The Bertz CT molecular complexity index is 1030. The summed E-state index contributed by atoms with van der Waals surface area (Å²) < 4.78 is 15.6. The van der Waals surface area contributed by atoms with Crippen molar-refractivity contribution in [3.8, 4) is 5.75 Å². The van der Waals surface area contributed by atoms with Crippen molar-refractivity contribution in [3.63, 3.8) is 0 Å². The molecule has 3 nitrogen and oxygen atoms in total. The fourth-order valence-electron chi connectivity index (χ4n) is 5.26. The highest BCUT2D eigenvalue weighted by Gasteiger charge is 2.29. The summed E-state index contributed by atoms with van der Waals surface area (Å²) >= 11 is 0. The quantitative estimate of drug-likeness (QED) is 0.309. The van der Waals surface area contributed by atoms with Gasteiger partial charge in [-0.25, -0.2) is 0 Å². The van der Waals surface area contributed by atoms with Crippen LogP contribution in [0.2, 0.25) is 0 Å². The number of para-hydroxylation sites is 1. The molecule has 0 aliphatic heterocycles. The van der Waals surface area contributed by atoms with Gasteiger partial charge < -0.3 is 14.0 Å². The summed E-state index contributed by atoms with van der Waals surface area (Å²) in [7, 11) is 2.16. The van der Waals surface area contributed by atoms with E-state index in [9.17, 15) is 0 Å². The monoisotopic (exact) mass is 447 g/mol. The minimum atomic E-state index is -0.307. The molecule has 3 unspecified atom stereocenters. The van der Waals surface area contributed by atoms with E-state index < -0.39 is 0 Å². The molecule has 178 valence electrons. The number of aryl methyl sites for hydroxylation is 2. The third-order valence-corrected chi connectivity index (χ3v) is 7.59. The second-order valence-corrected chi connectivity index (χ2v) is 9.91. The number of hydrogen-bond acceptors (Lipinski definition) is 2. The molecule has 0 N–H and O–H groups in total. The molecule has 33 heavy (non-hydrogen) atoms. The van der Waals surface area contributed by atoms with Gasteiger partial charge in [0, 0.05) is 24.5 Å². The van der Waals surface area contributed by atoms with E-state index in [0.717, 1.165) is 31.4 Å². The zero-order chi connectivity index (χ0) is 23.4. The fraction of sp³-hybridized carbons (Fsp3) is 0.533. The molecule has 1 aliphatic carbocycles. The van der Waals surface area contributed by atoms with Crippen LogP contribution in [0.25, 0.3) is 10.9 Å². The molecular formula is C30H41NO2. The number of rotatable bonds is 9. The molecule has 2 aromatic carbocycles. The Kier molecular flexibility index (Phi) is 7.80. The standard InChI is InChI=1S/C30H41NO2/c1-6-21(3)24-16-18-26(19-17-24)33-30(32-25-13-9-8-10-14-25)22(4)28-20-31(5)29-23(7-2)12-11-15-27(28)29/h11-12,15-22,25,30H,6-10,13-14H2,1-5H3. The van der Waals surface area contributed by atoms with E-state index in [1.165, 1.54) is 46.9 Å². The van der Waals surface area contributed by atoms with Gasteiger partial charge in [0.2, 0.25) is 6.29 Å². The van der Waals surface area contributed by atoms with Crippen LogP contribution in [0.4, 0.5) is 0 Å². The highest BCUT2D eigenvalue weighted by atomic mass is 16.7. The summed E-state index contributed by atoms with van der Waals surface area (Å²) in [5, 5.41) is 1.32. The van der Waals surface area contributed by atoms with Gasteiger partial charge in [0.25, 0.3) is 0 Å². The molecule has 3 atom stereocenters. The first-order valence-electron chi connectivity index (χ1n) is 13.0. The smallest absolute Gasteiger partial charge is 0.206 e. The first-order chi connectivity index (χ1) is 16.0. The van der Waals surface area contributed by atoms with Gasteiger partial charge in [-0.15, -0.1) is 0 Å². The van der Waals surface area contributed by atoms with Crippen LogP contribution in [0.5, 0.6) is 5.75 Å². The summed E-state index contributed by atoms with van der Waals surface area (Å²) in [6.07, 6.45) is 10.5. The average Bonchev–Trinajstić information content (AvgIpc) is 3.20. The number of nitrogens with zero attached hydrogens (tertiary/aromatic N) is 1. The summed E-state index contributed by atoms with van der Waals surface area (Å²) in [6, 6.07) is 15.3. The minimum absolute atomic E-state index is 0.122. The van der Waals surface area contributed by atoms with E-state index in [2.05, 4.69) is 88.0 Å². The molecule has 0 bridgehead atoms. The van der Waals surface area contributed by atoms with Gasteiger partial charge in [-0.1, -0.05) is 77.3 Å².